The van der Waals surface area contributed by atoms with Gasteiger partial charge in [0.1, 0.15) is 6.54 Å². The molecule has 1 saturated heterocycles. The molecular weight excluding hydrogens is 238 g/mol. The van der Waals surface area contributed by atoms with Crippen LogP contribution in [0.1, 0.15) is 6.92 Å². The van der Waals surface area contributed by atoms with E-state index in [1.807, 2.05) is 0 Å². The average Bonchev–Trinajstić information content (AvgIpc) is 2.20. The van der Waals surface area contributed by atoms with Gasteiger partial charge in [-0.25, -0.2) is 4.79 Å². The van der Waals surface area contributed by atoms with E-state index in [0.29, 0.717) is 4.90 Å². The topological polar surface area (TPSA) is 150 Å². The summed E-state index contributed by atoms with van der Waals surface area (Å²) in [5, 5.41) is 30.4. The van der Waals surface area contributed by atoms with Gasteiger partial charge in [0.05, 0.1) is 0 Å². The predicted molar refractivity (Wildman–Crippen MR) is 49.3 cm³/mol. The Morgan fingerprint density at radius 2 is 2.18 bits per heavy atom. The lowest BCUT2D eigenvalue weighted by Gasteiger charge is -2.36. The van der Waals surface area contributed by atoms with Crippen LogP contribution >= 0.6 is 0 Å². The van der Waals surface area contributed by atoms with Crippen LogP contribution in [0.5, 0.6) is 0 Å². The standard InChI is InChI=1S/C7H9N3O7/c1-7(10(16)17)4(13)8-6(15)9(5(7)14)2-3(11)12/h5,14H,2H2,1H3,(H,11,12)(H,8,13,15). The maximum atomic E-state index is 11.3. The number of hydrogen-bond donors (Lipinski definition) is 3. The van der Waals surface area contributed by atoms with E-state index in [1.165, 1.54) is 0 Å². The van der Waals surface area contributed by atoms with Gasteiger partial charge in [-0.15, -0.1) is 0 Å². The van der Waals surface area contributed by atoms with Crippen molar-refractivity contribution < 1.29 is 29.5 Å². The number of aliphatic carboxylic acids is 1. The Bertz CT molecular complexity index is 408. The SMILES string of the molecule is CC1([N+](=O)[O-])C(=O)NC(=O)N(CC(=O)O)C1O. The van der Waals surface area contributed by atoms with Crippen LogP contribution in [0.15, 0.2) is 0 Å². The summed E-state index contributed by atoms with van der Waals surface area (Å²) in [4.78, 5) is 42.9. The molecule has 0 aliphatic carbocycles. The number of amides is 3. The number of nitrogens with one attached hydrogen (secondary N) is 1. The highest BCUT2D eigenvalue weighted by molar-refractivity contribution is 6.02. The lowest BCUT2D eigenvalue weighted by atomic mass is 9.96. The number of carboxylic acids is 1. The van der Waals surface area contributed by atoms with E-state index < -0.39 is 41.1 Å². The molecule has 0 bridgehead atoms. The third-order valence-corrected chi connectivity index (χ3v) is 2.42. The highest BCUT2D eigenvalue weighted by atomic mass is 16.6. The molecule has 0 aromatic rings. The summed E-state index contributed by atoms with van der Waals surface area (Å²) in [5.41, 5.74) is -2.50. The smallest absolute Gasteiger partial charge is 0.339 e. The quantitative estimate of drug-likeness (QED) is 0.384. The van der Waals surface area contributed by atoms with Gasteiger partial charge >= 0.3 is 23.4 Å². The van der Waals surface area contributed by atoms with E-state index in [2.05, 4.69) is 0 Å². The van der Waals surface area contributed by atoms with Crippen molar-refractivity contribution in [2.75, 3.05) is 6.54 Å². The van der Waals surface area contributed by atoms with Crippen molar-refractivity contribution in [2.45, 2.75) is 18.7 Å². The first-order valence-electron chi connectivity index (χ1n) is 4.37. The van der Waals surface area contributed by atoms with E-state index in [0.717, 1.165) is 6.92 Å². The molecule has 3 amide bonds. The van der Waals surface area contributed by atoms with Crippen molar-refractivity contribution in [1.82, 2.24) is 10.2 Å². The number of rotatable bonds is 3. The second kappa shape index (κ2) is 3.97. The molecule has 2 unspecified atom stereocenters. The first-order chi connectivity index (χ1) is 7.71. The summed E-state index contributed by atoms with van der Waals surface area (Å²) in [6, 6.07) is -1.19. The van der Waals surface area contributed by atoms with Crippen LogP contribution in [0.3, 0.4) is 0 Å². The normalized spacial score (nSPS) is 28.8. The number of carbonyl (C=O) groups excluding carboxylic acids is 2. The van der Waals surface area contributed by atoms with Gasteiger partial charge in [-0.1, -0.05) is 0 Å². The van der Waals surface area contributed by atoms with Crippen molar-refractivity contribution in [2.24, 2.45) is 0 Å². The molecule has 10 heteroatoms. The monoisotopic (exact) mass is 247 g/mol. The van der Waals surface area contributed by atoms with Gasteiger partial charge in [0.25, 0.3) is 0 Å². The summed E-state index contributed by atoms with van der Waals surface area (Å²) >= 11 is 0. The first-order valence-corrected chi connectivity index (χ1v) is 4.37. The molecule has 1 fully saturated rings. The van der Waals surface area contributed by atoms with Crippen LogP contribution in [0.2, 0.25) is 0 Å². The van der Waals surface area contributed by atoms with Gasteiger partial charge < -0.3 is 10.2 Å². The summed E-state index contributed by atoms with van der Waals surface area (Å²) in [6.45, 7) is -0.155. The van der Waals surface area contributed by atoms with Crippen LogP contribution in [0.4, 0.5) is 4.79 Å². The van der Waals surface area contributed by atoms with Crippen molar-refractivity contribution in [1.29, 1.82) is 0 Å². The van der Waals surface area contributed by atoms with Gasteiger partial charge in [0, 0.05) is 11.8 Å². The van der Waals surface area contributed by atoms with Crippen molar-refractivity contribution in [3.8, 4) is 0 Å². The number of nitrogens with zero attached hydrogens (tertiary/aromatic N) is 2. The van der Waals surface area contributed by atoms with Gasteiger partial charge in [0.2, 0.25) is 6.23 Å². The molecule has 17 heavy (non-hydrogen) atoms. The zero-order chi connectivity index (χ0) is 13.4. The van der Waals surface area contributed by atoms with E-state index in [9.17, 15) is 29.6 Å². The third-order valence-electron chi connectivity index (χ3n) is 2.42. The zero-order valence-corrected chi connectivity index (χ0v) is 8.61. The Balaban J connectivity index is 3.11. The van der Waals surface area contributed by atoms with Crippen LogP contribution in [0.25, 0.3) is 0 Å². The number of carbonyl (C=O) groups is 3. The van der Waals surface area contributed by atoms with Gasteiger partial charge in [-0.3, -0.25) is 29.9 Å². The minimum Gasteiger partial charge on any atom is -0.480 e. The lowest BCUT2D eigenvalue weighted by molar-refractivity contribution is -0.566. The second-order valence-corrected chi connectivity index (χ2v) is 3.56. The number of aliphatic hydroxyl groups excluding tert-OH is 1. The molecule has 1 aliphatic rings. The van der Waals surface area contributed by atoms with Gasteiger partial charge in [-0.05, 0) is 0 Å². The molecule has 0 aromatic carbocycles. The number of urea groups is 1. The molecule has 0 aromatic heterocycles. The molecule has 1 heterocycles. The van der Waals surface area contributed by atoms with Gasteiger partial charge in [-0.2, -0.15) is 0 Å². The predicted octanol–water partition coefficient (Wildman–Crippen LogP) is -2.02. The van der Waals surface area contributed by atoms with Crippen LogP contribution < -0.4 is 5.32 Å². The average molecular weight is 247 g/mol. The molecule has 1 aliphatic heterocycles. The molecule has 0 spiro atoms. The molecule has 94 valence electrons. The number of nitro groups is 1. The Hall–Kier alpha value is -2.23. The van der Waals surface area contributed by atoms with E-state index in [4.69, 9.17) is 5.11 Å². The maximum absolute atomic E-state index is 11.3. The lowest BCUT2D eigenvalue weighted by Crippen LogP contribution is -2.72. The fraction of sp³-hybridized carbons (Fsp3) is 0.571. The highest BCUT2D eigenvalue weighted by Crippen LogP contribution is 2.22. The third kappa shape index (κ3) is 1.89. The molecule has 2 atom stereocenters. The molecule has 10 nitrogen and oxygen atoms in total. The number of aliphatic hydroxyl groups is 1. The van der Waals surface area contributed by atoms with E-state index in [1.54, 1.807) is 5.32 Å². The highest BCUT2D eigenvalue weighted by Gasteiger charge is 2.60. The molecule has 1 rings (SSSR count). The number of carboxylic acid groups (broad SMARTS) is 1. The molecule has 0 radical (unpaired) electrons. The summed E-state index contributed by atoms with van der Waals surface area (Å²) < 4.78 is 0. The van der Waals surface area contributed by atoms with Crippen LogP contribution in [-0.4, -0.2) is 56.3 Å². The Labute approximate surface area is 94.0 Å². The number of imide groups is 1. The van der Waals surface area contributed by atoms with E-state index >= 15 is 0 Å². The Morgan fingerprint density at radius 3 is 2.59 bits per heavy atom. The van der Waals surface area contributed by atoms with Gasteiger partial charge in [0.15, 0.2) is 0 Å². The Kier molecular flexibility index (Phi) is 3.00. The largest absolute Gasteiger partial charge is 0.480 e. The molecule has 3 N–H and O–H groups in total. The summed E-state index contributed by atoms with van der Waals surface area (Å²) in [5.74, 6) is -2.76. The summed E-state index contributed by atoms with van der Waals surface area (Å²) in [6.07, 6.45) is -2.14. The molecular formula is C7H9N3O7. The fourth-order valence-corrected chi connectivity index (χ4v) is 1.31. The molecule has 0 saturated carbocycles. The second-order valence-electron chi connectivity index (χ2n) is 3.56. The first kappa shape index (κ1) is 12.8. The van der Waals surface area contributed by atoms with Crippen LogP contribution in [0, 0.1) is 10.1 Å². The minimum absolute atomic E-state index is 0.298. The zero-order valence-electron chi connectivity index (χ0n) is 8.61. The fourth-order valence-electron chi connectivity index (χ4n) is 1.31. The van der Waals surface area contributed by atoms with Crippen molar-refractivity contribution in [3.63, 3.8) is 0 Å². The maximum Gasteiger partial charge on any atom is 0.339 e. The number of hydrogen-bond acceptors (Lipinski definition) is 6. The van der Waals surface area contributed by atoms with Crippen LogP contribution in [-0.2, 0) is 9.59 Å². The minimum atomic E-state index is -2.50. The summed E-state index contributed by atoms with van der Waals surface area (Å²) in [7, 11) is 0. The Morgan fingerprint density at radius 1 is 1.65 bits per heavy atom. The van der Waals surface area contributed by atoms with Crippen molar-refractivity contribution >= 4 is 17.9 Å². The van der Waals surface area contributed by atoms with Crippen molar-refractivity contribution in [3.05, 3.63) is 10.1 Å². The van der Waals surface area contributed by atoms with E-state index in [-0.39, 0.29) is 0 Å².